The summed E-state index contributed by atoms with van der Waals surface area (Å²) in [5.41, 5.74) is 1.87. The van der Waals surface area contributed by atoms with E-state index in [4.69, 9.17) is 9.84 Å². The van der Waals surface area contributed by atoms with Crippen molar-refractivity contribution in [1.82, 2.24) is 10.6 Å². The molecular formula is C18H18N2O4. The topological polar surface area (TPSA) is 87.7 Å². The van der Waals surface area contributed by atoms with Gasteiger partial charge < -0.3 is 20.5 Å². The molecule has 0 atom stereocenters. The highest BCUT2D eigenvalue weighted by atomic mass is 16.5. The molecule has 0 bridgehead atoms. The summed E-state index contributed by atoms with van der Waals surface area (Å²) in [7, 11) is 1.59. The fraction of sp³-hybridized carbons (Fsp3) is 0.111. The Kier molecular flexibility index (Phi) is 5.96. The van der Waals surface area contributed by atoms with Crippen molar-refractivity contribution >= 4 is 18.1 Å². The molecule has 0 saturated heterocycles. The van der Waals surface area contributed by atoms with E-state index in [-0.39, 0.29) is 11.6 Å². The summed E-state index contributed by atoms with van der Waals surface area (Å²) in [6, 6.07) is 13.4. The predicted octanol–water partition coefficient (Wildman–Crippen LogP) is 2.86. The van der Waals surface area contributed by atoms with Crippen molar-refractivity contribution in [3.8, 4) is 5.75 Å². The van der Waals surface area contributed by atoms with Crippen LogP contribution in [0.3, 0.4) is 0 Å². The number of para-hydroxylation sites is 1. The van der Waals surface area contributed by atoms with Gasteiger partial charge in [0.05, 0.1) is 12.7 Å². The van der Waals surface area contributed by atoms with Crippen LogP contribution in [0.15, 0.2) is 54.7 Å². The Morgan fingerprint density at radius 3 is 2.50 bits per heavy atom. The number of hydrogen-bond acceptors (Lipinski definition) is 3. The van der Waals surface area contributed by atoms with Gasteiger partial charge in [-0.15, -0.1) is 0 Å². The zero-order valence-electron chi connectivity index (χ0n) is 13.2. The number of carbonyl (C=O) groups is 2. The molecule has 2 rings (SSSR count). The summed E-state index contributed by atoms with van der Waals surface area (Å²) in [6.07, 6.45) is 3.26. The average molecular weight is 326 g/mol. The van der Waals surface area contributed by atoms with Crippen LogP contribution in [0.25, 0.3) is 6.08 Å². The molecule has 6 heteroatoms. The van der Waals surface area contributed by atoms with Gasteiger partial charge in [-0.3, -0.25) is 0 Å². The number of aromatic carboxylic acids is 1. The Hall–Kier alpha value is -3.28. The van der Waals surface area contributed by atoms with Crippen LogP contribution >= 0.6 is 0 Å². The molecule has 0 aromatic heterocycles. The zero-order chi connectivity index (χ0) is 17.4. The van der Waals surface area contributed by atoms with E-state index in [1.54, 1.807) is 25.3 Å². The van der Waals surface area contributed by atoms with Gasteiger partial charge in [0.1, 0.15) is 5.75 Å². The minimum Gasteiger partial charge on any atom is -0.496 e. The van der Waals surface area contributed by atoms with Crippen LogP contribution in [0.5, 0.6) is 5.75 Å². The number of urea groups is 1. The molecule has 24 heavy (non-hydrogen) atoms. The lowest BCUT2D eigenvalue weighted by molar-refractivity contribution is 0.0697. The standard InChI is InChI=1S/C18H18N2O4/c1-24-16-5-3-2-4-14(16)10-11-19-18(23)20-12-13-6-8-15(9-7-13)17(21)22/h2-11H,12H2,1H3,(H,21,22)(H2,19,20,23)/b11-10+. The molecule has 2 amide bonds. The number of methoxy groups -OCH3 is 1. The van der Waals surface area contributed by atoms with Gasteiger partial charge >= 0.3 is 12.0 Å². The minimum atomic E-state index is -0.978. The summed E-state index contributed by atoms with van der Waals surface area (Å²) >= 11 is 0. The van der Waals surface area contributed by atoms with Crippen molar-refractivity contribution in [3.63, 3.8) is 0 Å². The first-order valence-corrected chi connectivity index (χ1v) is 7.26. The van der Waals surface area contributed by atoms with Crippen molar-refractivity contribution in [2.75, 3.05) is 7.11 Å². The van der Waals surface area contributed by atoms with E-state index in [2.05, 4.69) is 10.6 Å². The molecule has 0 spiro atoms. The first kappa shape index (κ1) is 17.1. The second-order valence-corrected chi connectivity index (χ2v) is 4.90. The predicted molar refractivity (Wildman–Crippen MR) is 90.8 cm³/mol. The normalized spacial score (nSPS) is 10.4. The minimum absolute atomic E-state index is 0.211. The fourth-order valence-electron chi connectivity index (χ4n) is 2.01. The van der Waals surface area contributed by atoms with Crippen molar-refractivity contribution < 1.29 is 19.4 Å². The maximum Gasteiger partial charge on any atom is 0.335 e. The molecular weight excluding hydrogens is 308 g/mol. The van der Waals surface area contributed by atoms with Gasteiger partial charge in [-0.2, -0.15) is 0 Å². The molecule has 0 heterocycles. The molecule has 2 aromatic carbocycles. The number of amides is 2. The Labute approximate surface area is 139 Å². The van der Waals surface area contributed by atoms with E-state index >= 15 is 0 Å². The molecule has 6 nitrogen and oxygen atoms in total. The van der Waals surface area contributed by atoms with Crippen molar-refractivity contribution in [2.24, 2.45) is 0 Å². The summed E-state index contributed by atoms with van der Waals surface area (Å²) in [5.74, 6) is -0.261. The van der Waals surface area contributed by atoms with E-state index in [1.807, 2.05) is 24.3 Å². The third-order valence-electron chi connectivity index (χ3n) is 3.27. The fourth-order valence-corrected chi connectivity index (χ4v) is 2.01. The smallest absolute Gasteiger partial charge is 0.335 e. The lowest BCUT2D eigenvalue weighted by atomic mass is 10.1. The number of carboxylic acids is 1. The Morgan fingerprint density at radius 1 is 1.12 bits per heavy atom. The molecule has 0 unspecified atom stereocenters. The Balaban J connectivity index is 1.83. The van der Waals surface area contributed by atoms with Crippen LogP contribution in [0, 0.1) is 0 Å². The highest BCUT2D eigenvalue weighted by molar-refractivity contribution is 5.87. The number of carboxylic acid groups (broad SMARTS) is 1. The van der Waals surface area contributed by atoms with Gasteiger partial charge in [-0.1, -0.05) is 30.3 Å². The molecule has 0 aliphatic rings. The average Bonchev–Trinajstić information content (AvgIpc) is 2.60. The number of ether oxygens (including phenoxy) is 1. The van der Waals surface area contributed by atoms with Gasteiger partial charge in [-0.05, 0) is 29.8 Å². The largest absolute Gasteiger partial charge is 0.496 e. The third kappa shape index (κ3) is 4.88. The van der Waals surface area contributed by atoms with Gasteiger partial charge in [0.25, 0.3) is 0 Å². The maximum absolute atomic E-state index is 11.7. The number of benzene rings is 2. The second kappa shape index (κ2) is 8.38. The first-order valence-electron chi connectivity index (χ1n) is 7.26. The van der Waals surface area contributed by atoms with E-state index in [1.165, 1.54) is 18.3 Å². The van der Waals surface area contributed by atoms with Gasteiger partial charge in [0, 0.05) is 18.3 Å². The lowest BCUT2D eigenvalue weighted by Gasteiger charge is -2.06. The summed E-state index contributed by atoms with van der Waals surface area (Å²) in [4.78, 5) is 22.5. The highest BCUT2D eigenvalue weighted by Crippen LogP contribution is 2.18. The summed E-state index contributed by atoms with van der Waals surface area (Å²) in [5, 5.41) is 14.1. The van der Waals surface area contributed by atoms with E-state index in [0.717, 1.165) is 16.9 Å². The Morgan fingerprint density at radius 2 is 1.83 bits per heavy atom. The monoisotopic (exact) mass is 326 g/mol. The van der Waals surface area contributed by atoms with E-state index in [0.29, 0.717) is 6.54 Å². The van der Waals surface area contributed by atoms with Crippen molar-refractivity contribution in [1.29, 1.82) is 0 Å². The van der Waals surface area contributed by atoms with Crippen LogP contribution in [0.1, 0.15) is 21.5 Å². The Bertz CT molecular complexity index is 739. The van der Waals surface area contributed by atoms with E-state index < -0.39 is 5.97 Å². The summed E-state index contributed by atoms with van der Waals surface area (Å²) in [6.45, 7) is 0.300. The molecule has 3 N–H and O–H groups in total. The van der Waals surface area contributed by atoms with Crippen LogP contribution in [0.2, 0.25) is 0 Å². The second-order valence-electron chi connectivity index (χ2n) is 4.90. The first-order chi connectivity index (χ1) is 11.6. The lowest BCUT2D eigenvalue weighted by Crippen LogP contribution is -2.31. The molecule has 0 fully saturated rings. The van der Waals surface area contributed by atoms with Crippen LogP contribution in [-0.4, -0.2) is 24.2 Å². The van der Waals surface area contributed by atoms with Crippen molar-refractivity contribution in [3.05, 3.63) is 71.4 Å². The van der Waals surface area contributed by atoms with Gasteiger partial charge in [0.15, 0.2) is 0 Å². The van der Waals surface area contributed by atoms with E-state index in [9.17, 15) is 9.59 Å². The third-order valence-corrected chi connectivity index (χ3v) is 3.27. The van der Waals surface area contributed by atoms with Gasteiger partial charge in [0.2, 0.25) is 0 Å². The van der Waals surface area contributed by atoms with Crippen LogP contribution < -0.4 is 15.4 Å². The molecule has 2 aromatic rings. The molecule has 0 saturated carbocycles. The van der Waals surface area contributed by atoms with Crippen molar-refractivity contribution in [2.45, 2.75) is 6.54 Å². The number of nitrogens with one attached hydrogen (secondary N) is 2. The van der Waals surface area contributed by atoms with Crippen LogP contribution in [0.4, 0.5) is 4.79 Å². The van der Waals surface area contributed by atoms with Crippen LogP contribution in [-0.2, 0) is 6.54 Å². The number of hydrogen-bond donors (Lipinski definition) is 3. The van der Waals surface area contributed by atoms with Gasteiger partial charge in [-0.25, -0.2) is 9.59 Å². The summed E-state index contributed by atoms with van der Waals surface area (Å²) < 4.78 is 5.21. The molecule has 124 valence electrons. The number of rotatable bonds is 6. The zero-order valence-corrected chi connectivity index (χ0v) is 13.2. The maximum atomic E-state index is 11.7. The quantitative estimate of drug-likeness (QED) is 0.762. The number of carbonyl (C=O) groups excluding carboxylic acids is 1. The SMILES string of the molecule is COc1ccccc1/C=C/NC(=O)NCc1ccc(C(=O)O)cc1. The highest BCUT2D eigenvalue weighted by Gasteiger charge is 2.03. The molecule has 0 radical (unpaired) electrons. The molecule has 0 aliphatic heterocycles. The molecule has 0 aliphatic carbocycles.